The molecule has 4 aliphatic rings. The standard InChI is InChI=1S/C19H27N3O3/c1-2-22(3-4-23)17(25)15-11-20-18(21-16(15)24)19-8-12-5-13(9-19)7-14(6-12)10-19/h11-14,23H,2-10H2,1H3,(H,20,21,24). The maximum absolute atomic E-state index is 12.6. The Kier molecular flexibility index (Phi) is 4.18. The summed E-state index contributed by atoms with van der Waals surface area (Å²) in [7, 11) is 0. The summed E-state index contributed by atoms with van der Waals surface area (Å²) >= 11 is 0. The normalized spacial score (nSPS) is 32.8. The van der Waals surface area contributed by atoms with Crippen molar-refractivity contribution in [3.05, 3.63) is 27.9 Å². The maximum Gasteiger partial charge on any atom is 0.263 e. The molecule has 1 amide bonds. The number of rotatable bonds is 5. The number of aromatic amines is 1. The first-order valence-electron chi connectivity index (χ1n) is 9.54. The molecule has 4 saturated carbocycles. The molecule has 0 saturated heterocycles. The zero-order chi connectivity index (χ0) is 17.6. The van der Waals surface area contributed by atoms with E-state index in [1.165, 1.54) is 30.4 Å². The lowest BCUT2D eigenvalue weighted by Crippen LogP contribution is -2.50. The van der Waals surface area contributed by atoms with Gasteiger partial charge in [-0.2, -0.15) is 0 Å². The van der Waals surface area contributed by atoms with Gasteiger partial charge in [0.25, 0.3) is 11.5 Å². The van der Waals surface area contributed by atoms with E-state index < -0.39 is 0 Å². The van der Waals surface area contributed by atoms with Gasteiger partial charge in [-0.1, -0.05) is 0 Å². The van der Waals surface area contributed by atoms with Crippen LogP contribution < -0.4 is 5.56 Å². The highest BCUT2D eigenvalue weighted by atomic mass is 16.3. The van der Waals surface area contributed by atoms with Gasteiger partial charge >= 0.3 is 0 Å². The second-order valence-corrected chi connectivity index (χ2v) is 8.28. The summed E-state index contributed by atoms with van der Waals surface area (Å²) in [6, 6.07) is 0. The zero-order valence-corrected chi connectivity index (χ0v) is 14.8. The van der Waals surface area contributed by atoms with Gasteiger partial charge in [-0.15, -0.1) is 0 Å². The number of H-pyrrole nitrogens is 1. The minimum absolute atomic E-state index is 0.0189. The van der Waals surface area contributed by atoms with Crippen molar-refractivity contribution in [2.75, 3.05) is 19.7 Å². The Morgan fingerprint density at radius 3 is 2.36 bits per heavy atom. The Labute approximate surface area is 147 Å². The van der Waals surface area contributed by atoms with Gasteiger partial charge in [0, 0.05) is 24.7 Å². The first-order valence-corrected chi connectivity index (χ1v) is 9.54. The number of nitrogens with one attached hydrogen (secondary N) is 1. The molecule has 0 spiro atoms. The topological polar surface area (TPSA) is 86.3 Å². The van der Waals surface area contributed by atoms with Crippen molar-refractivity contribution in [2.45, 2.75) is 50.9 Å². The molecule has 6 nitrogen and oxygen atoms in total. The molecule has 6 heteroatoms. The first kappa shape index (κ1) is 16.8. The van der Waals surface area contributed by atoms with Gasteiger partial charge in [0.1, 0.15) is 11.4 Å². The smallest absolute Gasteiger partial charge is 0.263 e. The first-order chi connectivity index (χ1) is 12.0. The summed E-state index contributed by atoms with van der Waals surface area (Å²) in [4.78, 5) is 34.1. The lowest BCUT2D eigenvalue weighted by molar-refractivity contribution is -0.00955. The van der Waals surface area contributed by atoms with Crippen molar-refractivity contribution in [2.24, 2.45) is 17.8 Å². The molecule has 1 aromatic heterocycles. The fourth-order valence-electron chi connectivity index (χ4n) is 5.91. The Hall–Kier alpha value is -1.69. The third-order valence-corrected chi connectivity index (χ3v) is 6.61. The van der Waals surface area contributed by atoms with Crippen LogP contribution >= 0.6 is 0 Å². The van der Waals surface area contributed by atoms with Crippen molar-refractivity contribution < 1.29 is 9.90 Å². The second-order valence-electron chi connectivity index (χ2n) is 8.28. The highest BCUT2D eigenvalue weighted by Gasteiger charge is 2.52. The van der Waals surface area contributed by atoms with E-state index in [1.807, 2.05) is 6.92 Å². The minimum atomic E-state index is -0.359. The van der Waals surface area contributed by atoms with Crippen LogP contribution in [-0.2, 0) is 5.41 Å². The van der Waals surface area contributed by atoms with Gasteiger partial charge in [-0.3, -0.25) is 9.59 Å². The van der Waals surface area contributed by atoms with E-state index in [9.17, 15) is 9.59 Å². The van der Waals surface area contributed by atoms with E-state index >= 15 is 0 Å². The van der Waals surface area contributed by atoms with Crippen LogP contribution in [0.25, 0.3) is 0 Å². The van der Waals surface area contributed by atoms with E-state index in [1.54, 1.807) is 0 Å². The van der Waals surface area contributed by atoms with Crippen molar-refractivity contribution in [1.82, 2.24) is 14.9 Å². The van der Waals surface area contributed by atoms with Crippen LogP contribution in [0, 0.1) is 17.8 Å². The molecule has 136 valence electrons. The second kappa shape index (κ2) is 6.24. The Morgan fingerprint density at radius 2 is 1.88 bits per heavy atom. The van der Waals surface area contributed by atoms with Gasteiger partial charge in [0.05, 0.1) is 6.61 Å². The average molecular weight is 345 g/mol. The van der Waals surface area contributed by atoms with Crippen molar-refractivity contribution in [1.29, 1.82) is 0 Å². The highest BCUT2D eigenvalue weighted by Crippen LogP contribution is 2.59. The molecule has 2 N–H and O–H groups in total. The van der Waals surface area contributed by atoms with E-state index in [2.05, 4.69) is 9.97 Å². The van der Waals surface area contributed by atoms with Gasteiger partial charge in [0.2, 0.25) is 0 Å². The fraction of sp³-hybridized carbons (Fsp3) is 0.737. The molecule has 1 aromatic rings. The number of amides is 1. The molecule has 0 radical (unpaired) electrons. The van der Waals surface area contributed by atoms with Crippen LogP contribution in [0.1, 0.15) is 61.6 Å². The van der Waals surface area contributed by atoms with Gasteiger partial charge < -0.3 is 15.0 Å². The van der Waals surface area contributed by atoms with E-state index in [-0.39, 0.29) is 35.6 Å². The summed E-state index contributed by atoms with van der Waals surface area (Å²) in [5, 5.41) is 9.08. The molecule has 4 bridgehead atoms. The van der Waals surface area contributed by atoms with Crippen molar-refractivity contribution in [3.63, 3.8) is 0 Å². The molecular weight excluding hydrogens is 318 g/mol. The quantitative estimate of drug-likeness (QED) is 0.850. The molecule has 5 rings (SSSR count). The van der Waals surface area contributed by atoms with Gasteiger partial charge in [-0.25, -0.2) is 4.98 Å². The number of hydrogen-bond donors (Lipinski definition) is 2. The van der Waals surface area contributed by atoms with Gasteiger partial charge in [-0.05, 0) is 63.2 Å². The van der Waals surface area contributed by atoms with Gasteiger partial charge in [0.15, 0.2) is 0 Å². The SMILES string of the molecule is CCN(CCO)C(=O)c1cnc(C23CC4CC(CC(C4)C2)C3)[nH]c1=O. The molecular formula is C19H27N3O3. The number of hydrogen-bond acceptors (Lipinski definition) is 4. The van der Waals surface area contributed by atoms with Crippen molar-refractivity contribution >= 4 is 5.91 Å². The Bertz CT molecular complexity index is 692. The number of aromatic nitrogens is 2. The zero-order valence-electron chi connectivity index (χ0n) is 14.8. The number of likely N-dealkylation sites (N-methyl/N-ethyl adjacent to an activating group) is 1. The molecule has 0 unspecified atom stereocenters. The largest absolute Gasteiger partial charge is 0.395 e. The van der Waals surface area contributed by atoms with Crippen LogP contribution in [0.3, 0.4) is 0 Å². The third kappa shape index (κ3) is 2.80. The van der Waals surface area contributed by atoms with Crippen molar-refractivity contribution in [3.8, 4) is 0 Å². The average Bonchev–Trinajstić information content (AvgIpc) is 2.58. The molecule has 4 fully saturated rings. The number of carbonyl (C=O) groups excluding carboxylic acids is 1. The lowest BCUT2D eigenvalue weighted by Gasteiger charge is -2.56. The van der Waals surface area contributed by atoms with E-state index in [0.717, 1.165) is 42.8 Å². The molecule has 4 aliphatic carbocycles. The summed E-state index contributed by atoms with van der Waals surface area (Å²) in [6.07, 6.45) is 8.85. The summed E-state index contributed by atoms with van der Waals surface area (Å²) < 4.78 is 0. The Balaban J connectivity index is 1.62. The monoisotopic (exact) mass is 345 g/mol. The summed E-state index contributed by atoms with van der Waals surface area (Å²) in [5.74, 6) is 2.76. The van der Waals surface area contributed by atoms with E-state index in [0.29, 0.717) is 6.54 Å². The number of carbonyl (C=O) groups is 1. The highest BCUT2D eigenvalue weighted by molar-refractivity contribution is 5.93. The van der Waals surface area contributed by atoms with Crippen LogP contribution in [0.5, 0.6) is 0 Å². The van der Waals surface area contributed by atoms with E-state index in [4.69, 9.17) is 5.11 Å². The molecule has 0 atom stereocenters. The molecule has 0 aliphatic heterocycles. The number of aliphatic hydroxyl groups excluding tert-OH is 1. The van der Waals surface area contributed by atoms with Crippen LogP contribution in [0.4, 0.5) is 0 Å². The number of aliphatic hydroxyl groups is 1. The maximum atomic E-state index is 12.6. The Morgan fingerprint density at radius 1 is 1.28 bits per heavy atom. The molecule has 1 heterocycles. The van der Waals surface area contributed by atoms with Crippen LogP contribution in [-0.4, -0.2) is 45.6 Å². The van der Waals surface area contributed by atoms with Crippen LogP contribution in [0.2, 0.25) is 0 Å². The summed E-state index contributed by atoms with van der Waals surface area (Å²) in [5.41, 5.74) is -0.253. The lowest BCUT2D eigenvalue weighted by atomic mass is 9.49. The fourth-order valence-corrected chi connectivity index (χ4v) is 5.91. The molecule has 0 aromatic carbocycles. The predicted octanol–water partition coefficient (Wildman–Crippen LogP) is 1.69. The minimum Gasteiger partial charge on any atom is -0.395 e. The predicted molar refractivity (Wildman–Crippen MR) is 93.4 cm³/mol. The molecule has 25 heavy (non-hydrogen) atoms. The van der Waals surface area contributed by atoms with Crippen LogP contribution in [0.15, 0.2) is 11.0 Å². The summed E-state index contributed by atoms with van der Waals surface area (Å²) in [6.45, 7) is 2.40. The number of nitrogens with zero attached hydrogens (tertiary/aromatic N) is 2. The third-order valence-electron chi connectivity index (χ3n) is 6.61.